The maximum absolute atomic E-state index is 12.5. The summed E-state index contributed by atoms with van der Waals surface area (Å²) in [6.07, 6.45) is 1.72. The van der Waals surface area contributed by atoms with E-state index in [-0.39, 0.29) is 24.5 Å². The number of amides is 2. The summed E-state index contributed by atoms with van der Waals surface area (Å²) in [5.74, 6) is -1.11. The van der Waals surface area contributed by atoms with Crippen LogP contribution in [0.4, 0.5) is 5.69 Å². The quantitative estimate of drug-likeness (QED) is 0.786. The molecule has 1 aliphatic rings. The summed E-state index contributed by atoms with van der Waals surface area (Å²) in [5.41, 5.74) is 0.718. The van der Waals surface area contributed by atoms with E-state index in [2.05, 4.69) is 5.32 Å². The predicted molar refractivity (Wildman–Crippen MR) is 85.8 cm³/mol. The standard InChI is InChI=1S/C16H21ClN2O3/c1-2-12(7-9-20)18-15(21)14-6-8-19(16(14)22)13-5-3-4-11(17)10-13/h3-5,10,12,14,20H,2,6-9H2,1H3,(H,18,21). The molecular weight excluding hydrogens is 304 g/mol. The molecule has 0 radical (unpaired) electrons. The number of anilines is 1. The molecule has 22 heavy (non-hydrogen) atoms. The van der Waals surface area contributed by atoms with Gasteiger partial charge in [0, 0.05) is 29.9 Å². The monoisotopic (exact) mass is 324 g/mol. The van der Waals surface area contributed by atoms with Gasteiger partial charge in [-0.05, 0) is 37.5 Å². The van der Waals surface area contributed by atoms with E-state index in [9.17, 15) is 9.59 Å². The number of nitrogens with one attached hydrogen (secondary N) is 1. The molecule has 1 saturated heterocycles. The number of benzene rings is 1. The van der Waals surface area contributed by atoms with Crippen molar-refractivity contribution in [3.8, 4) is 0 Å². The summed E-state index contributed by atoms with van der Waals surface area (Å²) >= 11 is 5.95. The third kappa shape index (κ3) is 3.78. The van der Waals surface area contributed by atoms with Crippen molar-refractivity contribution in [3.63, 3.8) is 0 Å². The molecule has 2 atom stereocenters. The first-order chi connectivity index (χ1) is 10.6. The Bertz CT molecular complexity index is 550. The molecule has 0 bridgehead atoms. The Balaban J connectivity index is 2.03. The van der Waals surface area contributed by atoms with Crippen molar-refractivity contribution in [2.45, 2.75) is 32.2 Å². The first-order valence-corrected chi connectivity index (χ1v) is 7.92. The number of carbonyl (C=O) groups excluding carboxylic acids is 2. The van der Waals surface area contributed by atoms with Gasteiger partial charge in [-0.1, -0.05) is 24.6 Å². The molecule has 0 aliphatic carbocycles. The van der Waals surface area contributed by atoms with Crippen LogP contribution < -0.4 is 10.2 Å². The van der Waals surface area contributed by atoms with Crippen molar-refractivity contribution in [2.75, 3.05) is 18.1 Å². The van der Waals surface area contributed by atoms with Crippen molar-refractivity contribution >= 4 is 29.1 Å². The van der Waals surface area contributed by atoms with E-state index in [4.69, 9.17) is 16.7 Å². The third-order valence-electron chi connectivity index (χ3n) is 3.96. The van der Waals surface area contributed by atoms with E-state index in [1.165, 1.54) is 0 Å². The number of halogens is 1. The van der Waals surface area contributed by atoms with Gasteiger partial charge in [-0.3, -0.25) is 9.59 Å². The first kappa shape index (κ1) is 16.8. The number of rotatable bonds is 6. The maximum Gasteiger partial charge on any atom is 0.239 e. The summed E-state index contributed by atoms with van der Waals surface area (Å²) in [5, 5.41) is 12.4. The highest BCUT2D eigenvalue weighted by Gasteiger charge is 2.38. The van der Waals surface area contributed by atoms with E-state index in [0.29, 0.717) is 24.4 Å². The summed E-state index contributed by atoms with van der Waals surface area (Å²) in [6, 6.07) is 6.97. The molecular formula is C16H21ClN2O3. The van der Waals surface area contributed by atoms with Crippen LogP contribution in [0.3, 0.4) is 0 Å². The number of hydrogen-bond donors (Lipinski definition) is 2. The third-order valence-corrected chi connectivity index (χ3v) is 4.19. The lowest BCUT2D eigenvalue weighted by Gasteiger charge is -2.19. The Morgan fingerprint density at radius 3 is 2.95 bits per heavy atom. The van der Waals surface area contributed by atoms with E-state index in [1.54, 1.807) is 23.1 Å². The van der Waals surface area contributed by atoms with Gasteiger partial charge in [0.15, 0.2) is 0 Å². The summed E-state index contributed by atoms with van der Waals surface area (Å²) in [6.45, 7) is 2.47. The van der Waals surface area contributed by atoms with Gasteiger partial charge in [0.25, 0.3) is 0 Å². The molecule has 1 aromatic rings. The Morgan fingerprint density at radius 1 is 1.55 bits per heavy atom. The minimum Gasteiger partial charge on any atom is -0.396 e. The highest BCUT2D eigenvalue weighted by atomic mass is 35.5. The topological polar surface area (TPSA) is 69.6 Å². The van der Waals surface area contributed by atoms with Crippen LogP contribution in [-0.4, -0.2) is 36.1 Å². The average molecular weight is 325 g/mol. The molecule has 5 nitrogen and oxygen atoms in total. The van der Waals surface area contributed by atoms with Gasteiger partial charge in [-0.25, -0.2) is 0 Å². The average Bonchev–Trinajstić information content (AvgIpc) is 2.88. The first-order valence-electron chi connectivity index (χ1n) is 7.55. The van der Waals surface area contributed by atoms with Gasteiger partial charge in [-0.2, -0.15) is 0 Å². The lowest BCUT2D eigenvalue weighted by molar-refractivity contribution is -0.132. The normalized spacial score (nSPS) is 19.3. The molecule has 120 valence electrons. The zero-order valence-electron chi connectivity index (χ0n) is 12.6. The Kier molecular flexibility index (Phi) is 5.80. The van der Waals surface area contributed by atoms with Crippen molar-refractivity contribution < 1.29 is 14.7 Å². The largest absolute Gasteiger partial charge is 0.396 e. The molecule has 1 aromatic carbocycles. The van der Waals surface area contributed by atoms with Crippen LogP contribution in [0.5, 0.6) is 0 Å². The molecule has 2 N–H and O–H groups in total. The second-order valence-electron chi connectivity index (χ2n) is 5.44. The van der Waals surface area contributed by atoms with Crippen LogP contribution in [-0.2, 0) is 9.59 Å². The van der Waals surface area contributed by atoms with Gasteiger partial charge in [0.2, 0.25) is 11.8 Å². The highest BCUT2D eigenvalue weighted by molar-refractivity contribution is 6.31. The SMILES string of the molecule is CCC(CCO)NC(=O)C1CCN(c2cccc(Cl)c2)C1=O. The zero-order chi connectivity index (χ0) is 16.1. The molecule has 2 unspecified atom stereocenters. The molecule has 1 heterocycles. The lowest BCUT2D eigenvalue weighted by Crippen LogP contribution is -2.42. The van der Waals surface area contributed by atoms with Gasteiger partial charge in [0.05, 0.1) is 0 Å². The molecule has 6 heteroatoms. The second-order valence-corrected chi connectivity index (χ2v) is 5.87. The van der Waals surface area contributed by atoms with Gasteiger partial charge < -0.3 is 15.3 Å². The maximum atomic E-state index is 12.5. The van der Waals surface area contributed by atoms with Gasteiger partial charge in [-0.15, -0.1) is 0 Å². The van der Waals surface area contributed by atoms with Crippen molar-refractivity contribution in [3.05, 3.63) is 29.3 Å². The van der Waals surface area contributed by atoms with Crippen LogP contribution in [0, 0.1) is 5.92 Å². The molecule has 0 spiro atoms. The minimum absolute atomic E-state index is 0.0199. The number of nitrogens with zero attached hydrogens (tertiary/aromatic N) is 1. The molecule has 0 aromatic heterocycles. The number of aliphatic hydroxyl groups is 1. The van der Waals surface area contributed by atoms with Gasteiger partial charge >= 0.3 is 0 Å². The number of aliphatic hydroxyl groups excluding tert-OH is 1. The van der Waals surface area contributed by atoms with Crippen molar-refractivity contribution in [1.29, 1.82) is 0 Å². The van der Waals surface area contributed by atoms with Crippen molar-refractivity contribution in [1.82, 2.24) is 5.32 Å². The van der Waals surface area contributed by atoms with E-state index in [1.807, 2.05) is 13.0 Å². The molecule has 0 saturated carbocycles. The second kappa shape index (κ2) is 7.61. The number of hydrogen-bond acceptors (Lipinski definition) is 3. The fourth-order valence-corrected chi connectivity index (χ4v) is 2.84. The number of carbonyl (C=O) groups is 2. The molecule has 2 rings (SSSR count). The van der Waals surface area contributed by atoms with Crippen LogP contribution >= 0.6 is 11.6 Å². The Morgan fingerprint density at radius 2 is 2.32 bits per heavy atom. The summed E-state index contributed by atoms with van der Waals surface area (Å²) in [7, 11) is 0. The Hall–Kier alpha value is -1.59. The fourth-order valence-electron chi connectivity index (χ4n) is 2.66. The summed E-state index contributed by atoms with van der Waals surface area (Å²) in [4.78, 5) is 26.3. The van der Waals surface area contributed by atoms with Crippen LogP contribution in [0.2, 0.25) is 5.02 Å². The zero-order valence-corrected chi connectivity index (χ0v) is 13.3. The van der Waals surface area contributed by atoms with E-state index >= 15 is 0 Å². The highest BCUT2D eigenvalue weighted by Crippen LogP contribution is 2.27. The lowest BCUT2D eigenvalue weighted by atomic mass is 10.1. The van der Waals surface area contributed by atoms with Crippen LogP contribution in [0.25, 0.3) is 0 Å². The van der Waals surface area contributed by atoms with Crippen molar-refractivity contribution in [2.24, 2.45) is 5.92 Å². The van der Waals surface area contributed by atoms with E-state index < -0.39 is 5.92 Å². The molecule has 1 aliphatic heterocycles. The predicted octanol–water partition coefficient (Wildman–Crippen LogP) is 1.97. The molecule has 2 amide bonds. The summed E-state index contributed by atoms with van der Waals surface area (Å²) < 4.78 is 0. The van der Waals surface area contributed by atoms with Gasteiger partial charge in [0.1, 0.15) is 5.92 Å². The Labute approximate surface area is 135 Å². The van der Waals surface area contributed by atoms with Crippen LogP contribution in [0.15, 0.2) is 24.3 Å². The molecule has 1 fully saturated rings. The fraction of sp³-hybridized carbons (Fsp3) is 0.500. The van der Waals surface area contributed by atoms with Crippen LogP contribution in [0.1, 0.15) is 26.2 Å². The minimum atomic E-state index is -0.660. The smallest absolute Gasteiger partial charge is 0.239 e. The van der Waals surface area contributed by atoms with E-state index in [0.717, 1.165) is 12.1 Å².